The van der Waals surface area contributed by atoms with Crippen molar-refractivity contribution in [1.29, 1.82) is 0 Å². The van der Waals surface area contributed by atoms with Gasteiger partial charge in [0.1, 0.15) is 0 Å². The van der Waals surface area contributed by atoms with E-state index >= 15 is 0 Å². The Morgan fingerprint density at radius 1 is 1.17 bits per heavy atom. The summed E-state index contributed by atoms with van der Waals surface area (Å²) in [5.74, 6) is 0.728. The lowest BCUT2D eigenvalue weighted by molar-refractivity contribution is 0.158. The summed E-state index contributed by atoms with van der Waals surface area (Å²) >= 11 is 0. The standard InChI is InChI=1S/C25H42N2OSi/c1-20(18-21-10-8-7-9-11-21)23-19-24(23)26-22-12-14-27(15-13-22)16-17-28-29(5,6)25(2,3)4/h7-11,18,22-24,26H,12-17,19H2,1-6H3. The highest BCUT2D eigenvalue weighted by Crippen LogP contribution is 2.39. The Morgan fingerprint density at radius 3 is 2.45 bits per heavy atom. The lowest BCUT2D eigenvalue weighted by Gasteiger charge is -2.38. The number of nitrogens with zero attached hydrogens (tertiary/aromatic N) is 1. The average Bonchev–Trinajstić information content (AvgIpc) is 3.42. The first kappa shape index (κ1) is 22.7. The highest BCUT2D eigenvalue weighted by atomic mass is 28.4. The van der Waals surface area contributed by atoms with Gasteiger partial charge in [-0.2, -0.15) is 0 Å². The van der Waals surface area contributed by atoms with Crippen molar-refractivity contribution < 1.29 is 4.43 Å². The fourth-order valence-electron chi connectivity index (χ4n) is 4.07. The number of rotatable bonds is 8. The lowest BCUT2D eigenvalue weighted by Crippen LogP contribution is -2.46. The maximum absolute atomic E-state index is 6.36. The highest BCUT2D eigenvalue weighted by molar-refractivity contribution is 6.74. The van der Waals surface area contributed by atoms with E-state index in [0.29, 0.717) is 17.1 Å². The Balaban J connectivity index is 1.34. The summed E-state index contributed by atoms with van der Waals surface area (Å²) in [5, 5.41) is 4.24. The van der Waals surface area contributed by atoms with Gasteiger partial charge in [-0.1, -0.05) is 62.8 Å². The number of piperidine rings is 1. The molecule has 162 valence electrons. The van der Waals surface area contributed by atoms with Crippen LogP contribution in [-0.2, 0) is 4.43 Å². The van der Waals surface area contributed by atoms with Crippen molar-refractivity contribution >= 4 is 14.4 Å². The van der Waals surface area contributed by atoms with E-state index in [-0.39, 0.29) is 0 Å². The third-order valence-corrected chi connectivity index (χ3v) is 11.8. The number of benzene rings is 1. The molecule has 2 aliphatic rings. The normalized spacial score (nSPS) is 24.7. The Hall–Kier alpha value is -0.943. The monoisotopic (exact) mass is 414 g/mol. The van der Waals surface area contributed by atoms with Crippen LogP contribution in [0.4, 0.5) is 0 Å². The van der Waals surface area contributed by atoms with E-state index in [4.69, 9.17) is 4.43 Å². The third kappa shape index (κ3) is 6.52. The molecule has 1 saturated heterocycles. The van der Waals surface area contributed by atoms with Gasteiger partial charge in [-0.25, -0.2) is 0 Å². The zero-order valence-corrected chi connectivity index (χ0v) is 20.5. The van der Waals surface area contributed by atoms with E-state index in [9.17, 15) is 0 Å². The molecule has 0 spiro atoms. The zero-order chi connectivity index (χ0) is 21.1. The molecule has 1 aliphatic carbocycles. The zero-order valence-electron chi connectivity index (χ0n) is 19.5. The van der Waals surface area contributed by atoms with Gasteiger partial charge in [0.25, 0.3) is 0 Å². The smallest absolute Gasteiger partial charge is 0.192 e. The number of nitrogens with one attached hydrogen (secondary N) is 1. The Kier molecular flexibility index (Phi) is 7.42. The van der Waals surface area contributed by atoms with Crippen LogP contribution in [0.15, 0.2) is 35.9 Å². The molecule has 0 bridgehead atoms. The van der Waals surface area contributed by atoms with Crippen LogP contribution < -0.4 is 5.32 Å². The van der Waals surface area contributed by atoms with Crippen LogP contribution in [0.25, 0.3) is 6.08 Å². The minimum atomic E-state index is -1.61. The van der Waals surface area contributed by atoms with Crippen LogP contribution in [0, 0.1) is 5.92 Å². The molecule has 1 aliphatic heterocycles. The summed E-state index contributed by atoms with van der Waals surface area (Å²) in [6, 6.07) is 12.1. The van der Waals surface area contributed by atoms with Crippen molar-refractivity contribution in [2.45, 2.75) is 77.2 Å². The molecule has 3 rings (SSSR count). The minimum absolute atomic E-state index is 0.303. The second-order valence-electron chi connectivity index (χ2n) is 10.6. The van der Waals surface area contributed by atoms with Crippen molar-refractivity contribution in [3.05, 3.63) is 41.5 Å². The van der Waals surface area contributed by atoms with Gasteiger partial charge in [-0.3, -0.25) is 0 Å². The molecule has 29 heavy (non-hydrogen) atoms. The highest BCUT2D eigenvalue weighted by Gasteiger charge is 2.40. The maximum Gasteiger partial charge on any atom is 0.192 e. The van der Waals surface area contributed by atoms with Gasteiger partial charge in [-0.05, 0) is 68.9 Å². The summed E-state index contributed by atoms with van der Waals surface area (Å²) in [6.45, 7) is 18.3. The van der Waals surface area contributed by atoms with Crippen LogP contribution in [0.1, 0.15) is 52.5 Å². The molecule has 0 radical (unpaired) electrons. The van der Waals surface area contributed by atoms with Crippen LogP contribution in [0.5, 0.6) is 0 Å². The van der Waals surface area contributed by atoms with Crippen molar-refractivity contribution in [3.63, 3.8) is 0 Å². The van der Waals surface area contributed by atoms with Crippen molar-refractivity contribution in [1.82, 2.24) is 10.2 Å². The molecule has 4 heteroatoms. The van der Waals surface area contributed by atoms with Gasteiger partial charge in [0.15, 0.2) is 8.32 Å². The second-order valence-corrected chi connectivity index (χ2v) is 15.4. The van der Waals surface area contributed by atoms with Crippen LogP contribution >= 0.6 is 0 Å². The summed E-state index contributed by atoms with van der Waals surface area (Å²) in [5.41, 5.74) is 2.85. The van der Waals surface area contributed by atoms with E-state index in [0.717, 1.165) is 19.1 Å². The van der Waals surface area contributed by atoms with Gasteiger partial charge in [0.2, 0.25) is 0 Å². The SMILES string of the molecule is CC(=Cc1ccccc1)C1CC1NC1CCN(CCO[Si](C)(C)C(C)(C)C)CC1. The van der Waals surface area contributed by atoms with Crippen molar-refractivity contribution in [2.24, 2.45) is 5.92 Å². The van der Waals surface area contributed by atoms with Gasteiger partial charge in [0, 0.05) is 25.2 Å². The fraction of sp³-hybridized carbons (Fsp3) is 0.680. The van der Waals surface area contributed by atoms with Crippen LogP contribution in [0.2, 0.25) is 18.1 Å². The first-order valence-electron chi connectivity index (χ1n) is 11.5. The Morgan fingerprint density at radius 2 is 1.83 bits per heavy atom. The van der Waals surface area contributed by atoms with E-state index in [1.165, 1.54) is 43.5 Å². The maximum atomic E-state index is 6.36. The Labute approximate surface area is 180 Å². The first-order chi connectivity index (χ1) is 13.7. The van der Waals surface area contributed by atoms with Crippen LogP contribution in [-0.4, -0.2) is 51.5 Å². The topological polar surface area (TPSA) is 24.5 Å². The molecule has 0 amide bonds. The molecule has 2 unspecified atom stereocenters. The van der Waals surface area contributed by atoms with E-state index in [2.05, 4.69) is 87.4 Å². The number of hydrogen-bond acceptors (Lipinski definition) is 3. The number of hydrogen-bond donors (Lipinski definition) is 1. The van der Waals surface area contributed by atoms with Crippen molar-refractivity contribution in [2.75, 3.05) is 26.2 Å². The molecule has 0 aromatic heterocycles. The third-order valence-electron chi connectivity index (χ3n) is 7.28. The minimum Gasteiger partial charge on any atom is -0.416 e. The summed E-state index contributed by atoms with van der Waals surface area (Å²) in [6.07, 6.45) is 6.20. The average molecular weight is 415 g/mol. The molecule has 3 nitrogen and oxygen atoms in total. The molecular weight excluding hydrogens is 372 g/mol. The molecule has 1 saturated carbocycles. The fourth-order valence-corrected chi connectivity index (χ4v) is 5.11. The molecule has 1 heterocycles. The second kappa shape index (κ2) is 9.46. The van der Waals surface area contributed by atoms with Gasteiger partial charge < -0.3 is 14.6 Å². The molecule has 2 atom stereocenters. The first-order valence-corrected chi connectivity index (χ1v) is 14.4. The van der Waals surface area contributed by atoms with E-state index in [1.807, 2.05) is 0 Å². The Bertz CT molecular complexity index is 672. The van der Waals surface area contributed by atoms with Crippen molar-refractivity contribution in [3.8, 4) is 0 Å². The lowest BCUT2D eigenvalue weighted by atomic mass is 10.0. The van der Waals surface area contributed by atoms with E-state index < -0.39 is 8.32 Å². The van der Waals surface area contributed by atoms with Crippen LogP contribution in [0.3, 0.4) is 0 Å². The van der Waals surface area contributed by atoms with Gasteiger partial charge in [0.05, 0.1) is 0 Å². The molecular formula is C25H42N2OSi. The summed E-state index contributed by atoms with van der Waals surface area (Å²) < 4.78 is 6.36. The largest absolute Gasteiger partial charge is 0.416 e. The van der Waals surface area contributed by atoms with Gasteiger partial charge >= 0.3 is 0 Å². The molecule has 1 aromatic carbocycles. The molecule has 2 fully saturated rings. The van der Waals surface area contributed by atoms with Gasteiger partial charge in [-0.15, -0.1) is 0 Å². The summed E-state index contributed by atoms with van der Waals surface area (Å²) in [4.78, 5) is 2.59. The number of likely N-dealkylation sites (tertiary alicyclic amines) is 1. The predicted molar refractivity (Wildman–Crippen MR) is 128 cm³/mol. The molecule has 1 aromatic rings. The summed E-state index contributed by atoms with van der Waals surface area (Å²) in [7, 11) is -1.61. The predicted octanol–water partition coefficient (Wildman–Crippen LogP) is 5.55. The molecule has 1 N–H and O–H groups in total. The van der Waals surface area contributed by atoms with E-state index in [1.54, 1.807) is 0 Å². The quantitative estimate of drug-likeness (QED) is 0.564.